The van der Waals surface area contributed by atoms with Gasteiger partial charge in [-0.05, 0) is 36.8 Å². The van der Waals surface area contributed by atoms with Gasteiger partial charge in [0.2, 0.25) is 5.89 Å². The van der Waals surface area contributed by atoms with E-state index in [1.165, 1.54) is 0 Å². The Morgan fingerprint density at radius 2 is 1.83 bits per heavy atom. The number of rotatable bonds is 5. The van der Waals surface area contributed by atoms with E-state index in [0.717, 1.165) is 16.9 Å². The molecule has 0 fully saturated rings. The van der Waals surface area contributed by atoms with Crippen molar-refractivity contribution in [1.29, 1.82) is 0 Å². The minimum absolute atomic E-state index is 0.218. The summed E-state index contributed by atoms with van der Waals surface area (Å²) in [7, 11) is 1.63. The molecule has 3 rings (SSSR count). The fourth-order valence-electron chi connectivity index (χ4n) is 2.27. The molecule has 1 N–H and O–H groups in total. The lowest BCUT2D eigenvalue weighted by Crippen LogP contribution is -1.97. The number of aliphatic imine (C=N–C) groups is 1. The highest BCUT2D eigenvalue weighted by Crippen LogP contribution is 2.26. The summed E-state index contributed by atoms with van der Waals surface area (Å²) in [4.78, 5) is 8.83. The van der Waals surface area contributed by atoms with Crippen LogP contribution < -0.4 is 4.74 Å². The van der Waals surface area contributed by atoms with Gasteiger partial charge < -0.3 is 14.3 Å². The highest BCUT2D eigenvalue weighted by molar-refractivity contribution is 5.99. The quantitative estimate of drug-likeness (QED) is 0.719. The molecule has 0 amide bonds. The van der Waals surface area contributed by atoms with Gasteiger partial charge in [0.05, 0.1) is 19.4 Å². The molecule has 24 heavy (non-hydrogen) atoms. The number of ether oxygens (including phenoxy) is 1. The highest BCUT2D eigenvalue weighted by atomic mass is 16.5. The van der Waals surface area contributed by atoms with Crippen LogP contribution in [-0.4, -0.2) is 22.9 Å². The lowest BCUT2D eigenvalue weighted by molar-refractivity contribution is 0.336. The molecule has 122 valence electrons. The Morgan fingerprint density at radius 1 is 1.12 bits per heavy atom. The van der Waals surface area contributed by atoms with Crippen LogP contribution >= 0.6 is 0 Å². The van der Waals surface area contributed by atoms with Crippen molar-refractivity contribution in [2.24, 2.45) is 4.99 Å². The molecular formula is C19H18N2O3. The van der Waals surface area contributed by atoms with E-state index in [0.29, 0.717) is 23.8 Å². The molecular weight excluding hydrogens is 304 g/mol. The standard InChI is InChI=1S/C19H18N2O3/c1-13(20-12-14-8-10-16(23-2)11-9-14)17-19(22)24-18(21-17)15-6-4-3-5-7-15/h3-11,22H,12H2,1-2H3. The molecule has 0 aliphatic rings. The van der Waals surface area contributed by atoms with Gasteiger partial charge in [-0.1, -0.05) is 30.3 Å². The van der Waals surface area contributed by atoms with Crippen molar-refractivity contribution in [3.63, 3.8) is 0 Å². The first-order chi connectivity index (χ1) is 11.7. The number of benzene rings is 2. The molecule has 1 heterocycles. The van der Waals surface area contributed by atoms with Crippen LogP contribution in [0.5, 0.6) is 11.7 Å². The van der Waals surface area contributed by atoms with Gasteiger partial charge in [0, 0.05) is 5.56 Å². The van der Waals surface area contributed by atoms with Crippen LogP contribution in [0.2, 0.25) is 0 Å². The summed E-state index contributed by atoms with van der Waals surface area (Å²) in [5.74, 6) is 0.966. The minimum Gasteiger partial charge on any atom is -0.497 e. The largest absolute Gasteiger partial charge is 0.497 e. The Morgan fingerprint density at radius 3 is 2.50 bits per heavy atom. The van der Waals surface area contributed by atoms with Gasteiger partial charge in [-0.2, -0.15) is 0 Å². The number of hydrogen-bond acceptors (Lipinski definition) is 5. The first kappa shape index (κ1) is 15.8. The number of aromatic nitrogens is 1. The molecule has 0 aliphatic carbocycles. The first-order valence-electron chi connectivity index (χ1n) is 7.57. The third-order valence-corrected chi connectivity index (χ3v) is 3.63. The van der Waals surface area contributed by atoms with E-state index in [1.807, 2.05) is 54.6 Å². The Balaban J connectivity index is 1.79. The highest BCUT2D eigenvalue weighted by Gasteiger charge is 2.15. The zero-order valence-corrected chi connectivity index (χ0v) is 13.6. The first-order valence-corrected chi connectivity index (χ1v) is 7.57. The van der Waals surface area contributed by atoms with Crippen LogP contribution in [0.25, 0.3) is 11.5 Å². The molecule has 0 saturated carbocycles. The van der Waals surface area contributed by atoms with Crippen molar-refractivity contribution in [2.45, 2.75) is 13.5 Å². The second kappa shape index (κ2) is 7.00. The van der Waals surface area contributed by atoms with Gasteiger partial charge >= 0.3 is 5.95 Å². The van der Waals surface area contributed by atoms with Crippen LogP contribution in [-0.2, 0) is 6.54 Å². The Labute approximate surface area is 140 Å². The van der Waals surface area contributed by atoms with E-state index >= 15 is 0 Å². The summed E-state index contributed by atoms with van der Waals surface area (Å²) in [5, 5.41) is 10.0. The van der Waals surface area contributed by atoms with Crippen molar-refractivity contribution < 1.29 is 14.3 Å². The summed E-state index contributed by atoms with van der Waals surface area (Å²) in [6.07, 6.45) is 0. The maximum atomic E-state index is 10.0. The van der Waals surface area contributed by atoms with Crippen molar-refractivity contribution in [2.75, 3.05) is 7.11 Å². The predicted molar refractivity (Wildman–Crippen MR) is 92.5 cm³/mol. The number of aromatic hydroxyl groups is 1. The molecule has 5 heteroatoms. The zero-order valence-electron chi connectivity index (χ0n) is 13.6. The molecule has 1 aromatic heterocycles. The van der Waals surface area contributed by atoms with Gasteiger partial charge in [0.15, 0.2) is 5.69 Å². The second-order valence-electron chi connectivity index (χ2n) is 5.29. The fraction of sp³-hybridized carbons (Fsp3) is 0.158. The molecule has 0 bridgehead atoms. The van der Waals surface area contributed by atoms with E-state index < -0.39 is 0 Å². The Bertz CT molecular complexity index is 837. The summed E-state index contributed by atoms with van der Waals surface area (Å²) >= 11 is 0. The van der Waals surface area contributed by atoms with E-state index in [2.05, 4.69) is 9.98 Å². The van der Waals surface area contributed by atoms with Gasteiger partial charge in [-0.3, -0.25) is 4.99 Å². The van der Waals surface area contributed by atoms with Crippen LogP contribution in [0.1, 0.15) is 18.2 Å². The monoisotopic (exact) mass is 322 g/mol. The van der Waals surface area contributed by atoms with Crippen molar-refractivity contribution in [3.8, 4) is 23.1 Å². The molecule has 0 aliphatic heterocycles. The third-order valence-electron chi connectivity index (χ3n) is 3.63. The molecule has 0 atom stereocenters. The summed E-state index contributed by atoms with van der Waals surface area (Å²) in [5.41, 5.74) is 2.83. The Kier molecular flexibility index (Phi) is 4.61. The fourth-order valence-corrected chi connectivity index (χ4v) is 2.27. The normalized spacial score (nSPS) is 11.5. The molecule has 0 unspecified atom stereocenters. The number of hydrogen-bond donors (Lipinski definition) is 1. The van der Waals surface area contributed by atoms with Crippen LogP contribution in [0, 0.1) is 0 Å². The molecule has 0 radical (unpaired) electrons. The minimum atomic E-state index is -0.218. The number of nitrogens with zero attached hydrogens (tertiary/aromatic N) is 2. The van der Waals surface area contributed by atoms with E-state index in [4.69, 9.17) is 9.15 Å². The number of oxazole rings is 1. The van der Waals surface area contributed by atoms with Crippen molar-refractivity contribution in [3.05, 3.63) is 65.9 Å². The average molecular weight is 322 g/mol. The van der Waals surface area contributed by atoms with Gasteiger partial charge in [0.25, 0.3) is 0 Å². The molecule has 0 saturated heterocycles. The lowest BCUT2D eigenvalue weighted by Gasteiger charge is -2.01. The molecule has 3 aromatic rings. The average Bonchev–Trinajstić information content (AvgIpc) is 3.03. The molecule has 5 nitrogen and oxygen atoms in total. The topological polar surface area (TPSA) is 67.9 Å². The number of methoxy groups -OCH3 is 1. The maximum absolute atomic E-state index is 10.0. The zero-order chi connectivity index (χ0) is 16.9. The third kappa shape index (κ3) is 3.46. The van der Waals surface area contributed by atoms with Crippen LogP contribution in [0.15, 0.2) is 64.0 Å². The predicted octanol–water partition coefficient (Wildman–Crippen LogP) is 4.07. The summed E-state index contributed by atoms with van der Waals surface area (Å²) < 4.78 is 10.5. The van der Waals surface area contributed by atoms with Crippen LogP contribution in [0.4, 0.5) is 0 Å². The van der Waals surface area contributed by atoms with Gasteiger partial charge in [-0.25, -0.2) is 4.98 Å². The van der Waals surface area contributed by atoms with E-state index in [-0.39, 0.29) is 5.95 Å². The van der Waals surface area contributed by atoms with Gasteiger partial charge in [-0.15, -0.1) is 0 Å². The van der Waals surface area contributed by atoms with E-state index in [9.17, 15) is 5.11 Å². The molecule has 0 spiro atoms. The molecule has 2 aromatic carbocycles. The van der Waals surface area contributed by atoms with Gasteiger partial charge in [0.1, 0.15) is 5.75 Å². The Hall–Kier alpha value is -3.08. The lowest BCUT2D eigenvalue weighted by atomic mass is 10.2. The SMILES string of the molecule is COc1ccc(CN=C(C)c2nc(-c3ccccc3)oc2O)cc1. The van der Waals surface area contributed by atoms with Crippen molar-refractivity contribution >= 4 is 5.71 Å². The maximum Gasteiger partial charge on any atom is 0.312 e. The smallest absolute Gasteiger partial charge is 0.312 e. The van der Waals surface area contributed by atoms with Crippen molar-refractivity contribution in [1.82, 2.24) is 4.98 Å². The summed E-state index contributed by atoms with van der Waals surface area (Å²) in [6.45, 7) is 2.29. The summed E-state index contributed by atoms with van der Waals surface area (Å²) in [6, 6.07) is 17.1. The second-order valence-corrected chi connectivity index (χ2v) is 5.29. The van der Waals surface area contributed by atoms with Crippen LogP contribution in [0.3, 0.4) is 0 Å². The van der Waals surface area contributed by atoms with E-state index in [1.54, 1.807) is 14.0 Å².